The monoisotopic (exact) mass is 403 g/mol. The number of halogens is 3. The lowest BCUT2D eigenvalue weighted by atomic mass is 9.79. The first-order valence-electron chi connectivity index (χ1n) is 7.08. The zero-order valence-electron chi connectivity index (χ0n) is 11.3. The highest BCUT2D eigenvalue weighted by atomic mass is 79.9. The number of rotatable bonds is 2. The van der Waals surface area contributed by atoms with E-state index in [2.05, 4.69) is 21.2 Å². The van der Waals surface area contributed by atoms with Gasteiger partial charge in [-0.25, -0.2) is 0 Å². The number of amides is 1. The van der Waals surface area contributed by atoms with Crippen LogP contribution >= 0.6 is 39.1 Å². The molecule has 2 bridgehead atoms. The third kappa shape index (κ3) is 2.02. The second-order valence-corrected chi connectivity index (χ2v) is 7.98. The molecule has 1 saturated heterocycles. The Labute approximate surface area is 145 Å². The van der Waals surface area contributed by atoms with E-state index in [0.29, 0.717) is 15.7 Å². The van der Waals surface area contributed by atoms with Crippen LogP contribution in [-0.2, 0) is 14.3 Å². The third-order valence-electron chi connectivity index (χ3n) is 5.01. The topological polar surface area (TPSA) is 55.4 Å². The number of carbonyl (C=O) groups excluding carboxylic acids is 2. The summed E-state index contributed by atoms with van der Waals surface area (Å²) in [4.78, 5) is 24.8. The van der Waals surface area contributed by atoms with Crippen molar-refractivity contribution in [3.63, 3.8) is 0 Å². The van der Waals surface area contributed by atoms with E-state index in [1.54, 1.807) is 18.2 Å². The first-order valence-corrected chi connectivity index (χ1v) is 8.75. The summed E-state index contributed by atoms with van der Waals surface area (Å²) in [6.07, 6.45) is 0.763. The van der Waals surface area contributed by atoms with Gasteiger partial charge in [-0.2, -0.15) is 0 Å². The lowest BCUT2D eigenvalue weighted by Crippen LogP contribution is -2.40. The summed E-state index contributed by atoms with van der Waals surface area (Å²) in [5.74, 6) is -0.894. The van der Waals surface area contributed by atoms with E-state index in [-0.39, 0.29) is 46.5 Å². The minimum atomic E-state index is -0.379. The molecule has 1 heterocycles. The zero-order chi connectivity index (χ0) is 15.6. The fraction of sp³-hybridized carbons (Fsp3) is 0.467. The smallest absolute Gasteiger partial charge is 0.310 e. The van der Waals surface area contributed by atoms with Crippen LogP contribution in [0.15, 0.2) is 18.2 Å². The molecule has 0 spiro atoms. The van der Waals surface area contributed by atoms with Gasteiger partial charge < -0.3 is 10.1 Å². The summed E-state index contributed by atoms with van der Waals surface area (Å²) in [5, 5.41) is 3.73. The van der Waals surface area contributed by atoms with Crippen LogP contribution < -0.4 is 5.32 Å². The van der Waals surface area contributed by atoms with Crippen molar-refractivity contribution in [1.29, 1.82) is 0 Å². The molecule has 22 heavy (non-hydrogen) atoms. The van der Waals surface area contributed by atoms with E-state index in [4.69, 9.17) is 27.9 Å². The highest BCUT2D eigenvalue weighted by molar-refractivity contribution is 9.09. The molecule has 4 rings (SSSR count). The number of anilines is 1. The largest absolute Gasteiger partial charge is 0.461 e. The van der Waals surface area contributed by atoms with Crippen molar-refractivity contribution in [2.45, 2.75) is 17.4 Å². The normalized spacial score (nSPS) is 38.2. The SMILES string of the molecule is O=C(Nc1cc(Cl)ccc1Cl)C1C2CC3C(OC(=O)C31)C2Br. The minimum Gasteiger partial charge on any atom is -0.461 e. The van der Waals surface area contributed by atoms with E-state index in [0.717, 1.165) is 6.42 Å². The Hall–Kier alpha value is -0.780. The molecule has 7 heteroatoms. The van der Waals surface area contributed by atoms with Gasteiger partial charge in [0, 0.05) is 10.9 Å². The molecular weight excluding hydrogens is 393 g/mol. The summed E-state index contributed by atoms with van der Waals surface area (Å²) in [5.41, 5.74) is 0.468. The molecule has 1 amide bonds. The van der Waals surface area contributed by atoms with Crippen molar-refractivity contribution < 1.29 is 14.3 Å². The molecule has 0 aromatic heterocycles. The third-order valence-corrected chi connectivity index (χ3v) is 6.78. The predicted octanol–water partition coefficient (Wildman–Crippen LogP) is 3.50. The maximum Gasteiger partial charge on any atom is 0.310 e. The molecule has 1 N–H and O–H groups in total. The van der Waals surface area contributed by atoms with Crippen LogP contribution in [0.2, 0.25) is 10.0 Å². The van der Waals surface area contributed by atoms with Gasteiger partial charge >= 0.3 is 5.97 Å². The molecule has 3 aliphatic rings. The molecule has 116 valence electrons. The number of hydrogen-bond donors (Lipinski definition) is 1. The number of nitrogens with one attached hydrogen (secondary N) is 1. The number of fused-ring (bicyclic) bond motifs is 1. The van der Waals surface area contributed by atoms with E-state index >= 15 is 0 Å². The minimum absolute atomic E-state index is 0.0470. The summed E-state index contributed by atoms with van der Waals surface area (Å²) in [6, 6.07) is 4.90. The Morgan fingerprint density at radius 2 is 2.09 bits per heavy atom. The van der Waals surface area contributed by atoms with Crippen molar-refractivity contribution in [3.05, 3.63) is 28.2 Å². The van der Waals surface area contributed by atoms with Crippen LogP contribution in [0, 0.1) is 23.7 Å². The molecule has 3 fully saturated rings. The quantitative estimate of drug-likeness (QED) is 0.606. The zero-order valence-corrected chi connectivity index (χ0v) is 14.4. The van der Waals surface area contributed by atoms with Crippen LogP contribution in [0.25, 0.3) is 0 Å². The number of hydrogen-bond acceptors (Lipinski definition) is 3. The number of carbonyl (C=O) groups is 2. The van der Waals surface area contributed by atoms with Gasteiger partial charge in [0.2, 0.25) is 5.91 Å². The van der Waals surface area contributed by atoms with E-state index in [1.165, 1.54) is 0 Å². The van der Waals surface area contributed by atoms with Crippen LogP contribution in [0.4, 0.5) is 5.69 Å². The van der Waals surface area contributed by atoms with E-state index in [1.807, 2.05) is 0 Å². The molecule has 2 aliphatic carbocycles. The van der Waals surface area contributed by atoms with Gasteiger partial charge in [-0.1, -0.05) is 39.1 Å². The van der Waals surface area contributed by atoms with Gasteiger partial charge in [0.1, 0.15) is 6.10 Å². The van der Waals surface area contributed by atoms with Crippen LogP contribution in [0.1, 0.15) is 6.42 Å². The number of benzene rings is 1. The molecular formula is C15H12BrCl2NO3. The molecule has 1 aromatic carbocycles. The summed E-state index contributed by atoms with van der Waals surface area (Å²) < 4.78 is 5.41. The lowest BCUT2D eigenvalue weighted by Gasteiger charge is -2.27. The molecule has 1 aromatic rings. The Balaban J connectivity index is 1.61. The molecule has 4 nitrogen and oxygen atoms in total. The number of alkyl halides is 1. The first-order chi connectivity index (χ1) is 10.5. The van der Waals surface area contributed by atoms with Crippen molar-refractivity contribution in [1.82, 2.24) is 0 Å². The molecule has 1 aliphatic heterocycles. The fourth-order valence-electron chi connectivity index (χ4n) is 4.14. The average molecular weight is 405 g/mol. The van der Waals surface area contributed by atoms with Gasteiger partial charge in [-0.05, 0) is 30.5 Å². The fourth-order valence-corrected chi connectivity index (χ4v) is 5.52. The van der Waals surface area contributed by atoms with Crippen LogP contribution in [-0.4, -0.2) is 22.8 Å². The maximum absolute atomic E-state index is 12.7. The second kappa shape index (κ2) is 5.11. The highest BCUT2D eigenvalue weighted by Gasteiger charge is 2.67. The van der Waals surface area contributed by atoms with Gasteiger partial charge in [0.15, 0.2) is 0 Å². The first kappa shape index (κ1) is 14.8. The number of ether oxygens (including phenoxy) is 1. The Morgan fingerprint density at radius 3 is 2.86 bits per heavy atom. The Kier molecular flexibility index (Phi) is 3.44. The highest BCUT2D eigenvalue weighted by Crippen LogP contribution is 2.60. The van der Waals surface area contributed by atoms with Gasteiger partial charge in [-0.15, -0.1) is 0 Å². The summed E-state index contributed by atoms with van der Waals surface area (Å²) in [6.45, 7) is 0. The van der Waals surface area contributed by atoms with Crippen molar-refractivity contribution in [2.75, 3.05) is 5.32 Å². The molecule has 6 unspecified atom stereocenters. The van der Waals surface area contributed by atoms with Crippen molar-refractivity contribution in [3.8, 4) is 0 Å². The second-order valence-electron chi connectivity index (χ2n) is 6.07. The van der Waals surface area contributed by atoms with Gasteiger partial charge in [-0.3, -0.25) is 9.59 Å². The standard InChI is InChI=1S/C15H12BrCl2NO3/c16-12-6-4-7-11(15(21)22-13(7)12)10(6)14(20)19-9-3-5(17)1-2-8(9)18/h1-3,6-7,10-13H,4H2,(H,19,20). The molecule has 0 radical (unpaired) electrons. The van der Waals surface area contributed by atoms with Crippen LogP contribution in [0.5, 0.6) is 0 Å². The maximum atomic E-state index is 12.7. The Morgan fingerprint density at radius 1 is 1.32 bits per heavy atom. The number of esters is 1. The lowest BCUT2D eigenvalue weighted by molar-refractivity contribution is -0.145. The molecule has 6 atom stereocenters. The van der Waals surface area contributed by atoms with Gasteiger partial charge in [0.05, 0.1) is 27.4 Å². The van der Waals surface area contributed by atoms with E-state index in [9.17, 15) is 9.59 Å². The predicted molar refractivity (Wildman–Crippen MR) is 86.3 cm³/mol. The average Bonchev–Trinajstić information content (AvgIpc) is 3.07. The van der Waals surface area contributed by atoms with Gasteiger partial charge in [0.25, 0.3) is 0 Å². The Bertz CT molecular complexity index is 683. The van der Waals surface area contributed by atoms with Crippen molar-refractivity contribution in [2.24, 2.45) is 23.7 Å². The molecule has 2 saturated carbocycles. The summed E-state index contributed by atoms with van der Waals surface area (Å²) in [7, 11) is 0. The van der Waals surface area contributed by atoms with E-state index < -0.39 is 0 Å². The summed E-state index contributed by atoms with van der Waals surface area (Å²) >= 11 is 15.6. The van der Waals surface area contributed by atoms with Crippen LogP contribution in [0.3, 0.4) is 0 Å². The van der Waals surface area contributed by atoms with Crippen molar-refractivity contribution >= 4 is 56.7 Å².